The predicted molar refractivity (Wildman–Crippen MR) is 105 cm³/mol. The lowest BCUT2D eigenvalue weighted by atomic mass is 10.0. The first-order valence-electron chi connectivity index (χ1n) is 8.43. The van der Waals surface area contributed by atoms with Crippen LogP contribution in [-0.2, 0) is 0 Å². The molecule has 1 amide bonds. The van der Waals surface area contributed by atoms with Gasteiger partial charge in [0.05, 0.1) is 5.56 Å². The minimum Gasteiger partial charge on any atom is -0.357 e. The maximum atomic E-state index is 12.7. The number of hydrogen-bond donors (Lipinski definition) is 1. The molecule has 1 aromatic heterocycles. The molecule has 0 radical (unpaired) electrons. The predicted octanol–water partition coefficient (Wildman–Crippen LogP) is 3.11. The van der Waals surface area contributed by atoms with Crippen molar-refractivity contribution in [1.29, 1.82) is 0 Å². The van der Waals surface area contributed by atoms with E-state index in [0.29, 0.717) is 12.1 Å². The van der Waals surface area contributed by atoms with Gasteiger partial charge in [-0.3, -0.25) is 4.79 Å². The first-order chi connectivity index (χ1) is 10.7. The molecular formula is C17H30Cl2N4O. The molecule has 0 aromatic carbocycles. The summed E-state index contributed by atoms with van der Waals surface area (Å²) in [6.45, 7) is 7.53. The standard InChI is InChI=1S/C17H28N4O.2ClH/c1-3-10-20(4-2)16-9-8-14(13-19-16)17(22)21-11-6-5-7-15(21)12-18;;/h8-9,13,15H,3-7,10-12,18H2,1-2H3;2*1H. The molecule has 2 rings (SSSR count). The van der Waals surface area contributed by atoms with Crippen LogP contribution in [0, 0.1) is 0 Å². The third-order valence-electron chi connectivity index (χ3n) is 4.35. The van der Waals surface area contributed by atoms with Crippen molar-refractivity contribution < 1.29 is 4.79 Å². The zero-order valence-corrected chi connectivity index (χ0v) is 16.2. The van der Waals surface area contributed by atoms with E-state index in [-0.39, 0.29) is 36.8 Å². The van der Waals surface area contributed by atoms with Gasteiger partial charge in [-0.2, -0.15) is 0 Å². The van der Waals surface area contributed by atoms with Gasteiger partial charge in [-0.15, -0.1) is 24.8 Å². The quantitative estimate of drug-likeness (QED) is 0.828. The number of nitrogens with zero attached hydrogens (tertiary/aromatic N) is 3. The first kappa shape index (κ1) is 23.0. The van der Waals surface area contributed by atoms with Crippen molar-refractivity contribution >= 4 is 36.5 Å². The molecule has 7 heteroatoms. The van der Waals surface area contributed by atoms with E-state index >= 15 is 0 Å². The van der Waals surface area contributed by atoms with Gasteiger partial charge in [0.1, 0.15) is 5.82 Å². The smallest absolute Gasteiger partial charge is 0.255 e. The molecule has 1 unspecified atom stereocenters. The van der Waals surface area contributed by atoms with Gasteiger partial charge in [-0.1, -0.05) is 6.92 Å². The molecular weight excluding hydrogens is 347 g/mol. The number of anilines is 1. The second kappa shape index (κ2) is 11.5. The molecule has 1 aliphatic rings. The number of rotatable bonds is 6. The highest BCUT2D eigenvalue weighted by Crippen LogP contribution is 2.20. The summed E-state index contributed by atoms with van der Waals surface area (Å²) < 4.78 is 0. The highest BCUT2D eigenvalue weighted by atomic mass is 35.5. The van der Waals surface area contributed by atoms with Gasteiger partial charge in [0.15, 0.2) is 0 Å². The maximum Gasteiger partial charge on any atom is 0.255 e. The zero-order valence-electron chi connectivity index (χ0n) is 14.6. The van der Waals surface area contributed by atoms with Gasteiger partial charge < -0.3 is 15.5 Å². The molecule has 1 aliphatic heterocycles. The Labute approximate surface area is 157 Å². The minimum atomic E-state index is 0. The van der Waals surface area contributed by atoms with Gasteiger partial charge in [0.25, 0.3) is 5.91 Å². The van der Waals surface area contributed by atoms with Crippen LogP contribution in [0.25, 0.3) is 0 Å². The Morgan fingerprint density at radius 3 is 2.62 bits per heavy atom. The van der Waals surface area contributed by atoms with E-state index in [1.165, 1.54) is 0 Å². The van der Waals surface area contributed by atoms with E-state index in [1.807, 2.05) is 17.0 Å². The molecule has 0 aliphatic carbocycles. The normalized spacial score (nSPS) is 16.8. The molecule has 0 saturated carbocycles. The summed E-state index contributed by atoms with van der Waals surface area (Å²) in [4.78, 5) is 21.3. The Morgan fingerprint density at radius 1 is 1.33 bits per heavy atom. The summed E-state index contributed by atoms with van der Waals surface area (Å²) in [5.41, 5.74) is 6.47. The summed E-state index contributed by atoms with van der Waals surface area (Å²) in [5.74, 6) is 1.00. The van der Waals surface area contributed by atoms with E-state index in [0.717, 1.165) is 51.1 Å². The number of aromatic nitrogens is 1. The molecule has 1 aromatic rings. The van der Waals surface area contributed by atoms with Crippen molar-refractivity contribution in [2.75, 3.05) is 31.1 Å². The molecule has 2 heterocycles. The lowest BCUT2D eigenvalue weighted by Crippen LogP contribution is -2.47. The van der Waals surface area contributed by atoms with Crippen LogP contribution in [0.15, 0.2) is 18.3 Å². The lowest BCUT2D eigenvalue weighted by molar-refractivity contribution is 0.0623. The van der Waals surface area contributed by atoms with Crippen LogP contribution >= 0.6 is 24.8 Å². The Bertz CT molecular complexity index is 484. The molecule has 1 fully saturated rings. The van der Waals surface area contributed by atoms with Gasteiger partial charge in [-0.05, 0) is 44.7 Å². The number of halogens is 2. The number of nitrogens with two attached hydrogens (primary N) is 1. The minimum absolute atomic E-state index is 0. The molecule has 24 heavy (non-hydrogen) atoms. The molecule has 0 bridgehead atoms. The SMILES string of the molecule is CCCN(CC)c1ccc(C(=O)N2CCCCC2CN)cn1.Cl.Cl. The number of amides is 1. The number of hydrogen-bond acceptors (Lipinski definition) is 4. The maximum absolute atomic E-state index is 12.7. The van der Waals surface area contributed by atoms with Gasteiger partial charge in [0.2, 0.25) is 0 Å². The molecule has 0 spiro atoms. The van der Waals surface area contributed by atoms with Crippen molar-refractivity contribution in [1.82, 2.24) is 9.88 Å². The Kier molecular flexibility index (Phi) is 11.0. The number of carbonyl (C=O) groups is 1. The average molecular weight is 377 g/mol. The topological polar surface area (TPSA) is 62.5 Å². The Balaban J connectivity index is 0.00000264. The zero-order chi connectivity index (χ0) is 15.9. The number of likely N-dealkylation sites (tertiary alicyclic amines) is 1. The number of carbonyl (C=O) groups excluding carboxylic acids is 1. The summed E-state index contributed by atoms with van der Waals surface area (Å²) in [6.07, 6.45) is 6.02. The van der Waals surface area contributed by atoms with E-state index in [1.54, 1.807) is 6.20 Å². The summed E-state index contributed by atoms with van der Waals surface area (Å²) >= 11 is 0. The Hall–Kier alpha value is -1.04. The summed E-state index contributed by atoms with van der Waals surface area (Å²) in [5, 5.41) is 0. The lowest BCUT2D eigenvalue weighted by Gasteiger charge is -2.35. The van der Waals surface area contributed by atoms with E-state index in [9.17, 15) is 4.79 Å². The van der Waals surface area contributed by atoms with Gasteiger partial charge in [0, 0.05) is 38.4 Å². The highest BCUT2D eigenvalue weighted by Gasteiger charge is 2.26. The molecule has 1 atom stereocenters. The fourth-order valence-electron chi connectivity index (χ4n) is 3.08. The van der Waals surface area contributed by atoms with E-state index in [4.69, 9.17) is 5.73 Å². The molecule has 1 saturated heterocycles. The van der Waals surface area contributed by atoms with Gasteiger partial charge in [-0.25, -0.2) is 4.98 Å². The highest BCUT2D eigenvalue weighted by molar-refractivity contribution is 5.94. The van der Waals surface area contributed by atoms with Crippen molar-refractivity contribution in [3.8, 4) is 0 Å². The van der Waals surface area contributed by atoms with Crippen molar-refractivity contribution in [2.24, 2.45) is 5.73 Å². The van der Waals surface area contributed by atoms with Crippen LogP contribution in [0.2, 0.25) is 0 Å². The second-order valence-electron chi connectivity index (χ2n) is 5.87. The van der Waals surface area contributed by atoms with Crippen molar-refractivity contribution in [3.63, 3.8) is 0 Å². The van der Waals surface area contributed by atoms with Crippen molar-refractivity contribution in [2.45, 2.75) is 45.6 Å². The van der Waals surface area contributed by atoms with Crippen LogP contribution in [0.3, 0.4) is 0 Å². The molecule has 2 N–H and O–H groups in total. The van der Waals surface area contributed by atoms with E-state index < -0.39 is 0 Å². The Morgan fingerprint density at radius 2 is 2.08 bits per heavy atom. The fourth-order valence-corrected chi connectivity index (χ4v) is 3.08. The summed E-state index contributed by atoms with van der Waals surface area (Å²) in [7, 11) is 0. The molecule has 138 valence electrons. The summed E-state index contributed by atoms with van der Waals surface area (Å²) in [6, 6.07) is 4.02. The third-order valence-corrected chi connectivity index (χ3v) is 4.35. The largest absolute Gasteiger partial charge is 0.357 e. The van der Waals surface area contributed by atoms with Crippen LogP contribution in [0.1, 0.15) is 49.9 Å². The third kappa shape index (κ3) is 5.50. The monoisotopic (exact) mass is 376 g/mol. The van der Waals surface area contributed by atoms with Crippen LogP contribution in [0.5, 0.6) is 0 Å². The fraction of sp³-hybridized carbons (Fsp3) is 0.647. The van der Waals surface area contributed by atoms with Gasteiger partial charge >= 0.3 is 0 Å². The average Bonchev–Trinajstić information content (AvgIpc) is 2.59. The second-order valence-corrected chi connectivity index (χ2v) is 5.87. The van der Waals surface area contributed by atoms with Crippen LogP contribution in [0.4, 0.5) is 5.82 Å². The molecule has 5 nitrogen and oxygen atoms in total. The first-order valence-corrected chi connectivity index (χ1v) is 8.43. The number of pyridine rings is 1. The van der Waals surface area contributed by atoms with Crippen LogP contribution < -0.4 is 10.6 Å². The number of piperidine rings is 1. The van der Waals surface area contributed by atoms with Crippen LogP contribution in [-0.4, -0.2) is 48.0 Å². The van der Waals surface area contributed by atoms with E-state index in [2.05, 4.69) is 23.7 Å². The van der Waals surface area contributed by atoms with Crippen molar-refractivity contribution in [3.05, 3.63) is 23.9 Å².